The second kappa shape index (κ2) is 4.34. The fraction of sp³-hybridized carbons (Fsp3) is 0.125. The van der Waals surface area contributed by atoms with E-state index >= 15 is 0 Å². The number of hydrogen-bond acceptors (Lipinski definition) is 6. The maximum Gasteiger partial charge on any atom is 0.338 e. The van der Waals surface area contributed by atoms with E-state index in [9.17, 15) is 25.0 Å². The van der Waals surface area contributed by atoms with E-state index in [2.05, 4.69) is 4.74 Å². The molecule has 0 aromatic heterocycles. The van der Waals surface area contributed by atoms with Crippen LogP contribution in [0.4, 0.5) is 11.4 Å². The molecule has 1 aromatic carbocycles. The van der Waals surface area contributed by atoms with Crippen molar-refractivity contribution < 1.29 is 20.7 Å². The Morgan fingerprint density at radius 3 is 2.12 bits per heavy atom. The van der Waals surface area contributed by atoms with Gasteiger partial charge in [-0.2, -0.15) is 0 Å². The van der Waals surface area contributed by atoms with Gasteiger partial charge in [0.25, 0.3) is 11.4 Å². The molecule has 0 saturated carbocycles. The van der Waals surface area contributed by atoms with Gasteiger partial charge >= 0.3 is 5.97 Å². The zero-order valence-corrected chi connectivity index (χ0v) is 7.78. The van der Waals surface area contributed by atoms with E-state index in [-0.39, 0.29) is 5.56 Å². The first-order valence-corrected chi connectivity index (χ1v) is 3.86. The fourth-order valence-corrected chi connectivity index (χ4v) is 1.01. The number of non-ortho nitro benzene ring substituents is 2. The molecule has 0 saturated heterocycles. The number of nitrogens with zero attached hydrogens (tertiary/aromatic N) is 2. The van der Waals surface area contributed by atoms with Crippen molar-refractivity contribution in [2.75, 3.05) is 7.09 Å². The first kappa shape index (κ1) is 10.0. The van der Waals surface area contributed by atoms with Crippen LogP contribution in [-0.2, 0) is 4.74 Å². The molecule has 0 N–H and O–H groups in total. The zero-order valence-electron chi connectivity index (χ0n) is 8.78. The van der Waals surface area contributed by atoms with Crippen LogP contribution in [-0.4, -0.2) is 22.9 Å². The highest BCUT2D eigenvalue weighted by molar-refractivity contribution is 5.91. The SMILES string of the molecule is [2H]COC(=O)c1cc([N+](=O)[O-])cc([N+](=O)[O-])c1. The Hall–Kier alpha value is -2.51. The summed E-state index contributed by atoms with van der Waals surface area (Å²) in [5.41, 5.74) is -1.51. The zero-order chi connectivity index (χ0) is 13.0. The molecule has 84 valence electrons. The monoisotopic (exact) mass is 227 g/mol. The first-order valence-electron chi connectivity index (χ1n) is 4.56. The summed E-state index contributed by atoms with van der Waals surface area (Å²) >= 11 is 0. The van der Waals surface area contributed by atoms with Gasteiger partial charge in [-0.1, -0.05) is 0 Å². The molecule has 0 unspecified atom stereocenters. The van der Waals surface area contributed by atoms with E-state index in [0.29, 0.717) is 0 Å². The molecule has 8 heteroatoms. The van der Waals surface area contributed by atoms with Crippen molar-refractivity contribution in [3.05, 3.63) is 44.0 Å². The third-order valence-corrected chi connectivity index (χ3v) is 1.69. The minimum absolute atomic E-state index is 0.335. The second-order valence-electron chi connectivity index (χ2n) is 2.68. The third kappa shape index (κ3) is 2.29. The summed E-state index contributed by atoms with van der Waals surface area (Å²) in [5, 5.41) is 21.0. The van der Waals surface area contributed by atoms with Crippen molar-refractivity contribution in [3.8, 4) is 0 Å². The quantitative estimate of drug-likeness (QED) is 0.436. The number of carbonyl (C=O) groups is 1. The van der Waals surface area contributed by atoms with Crippen molar-refractivity contribution in [1.29, 1.82) is 0 Å². The first-order chi connectivity index (χ1) is 7.95. The van der Waals surface area contributed by atoms with E-state index in [0.717, 1.165) is 18.2 Å². The van der Waals surface area contributed by atoms with E-state index in [1.54, 1.807) is 0 Å². The van der Waals surface area contributed by atoms with Gasteiger partial charge in [0.05, 0.1) is 29.9 Å². The molecule has 1 rings (SSSR count). The maximum atomic E-state index is 11.2. The molecule has 16 heavy (non-hydrogen) atoms. The Morgan fingerprint density at radius 2 is 1.75 bits per heavy atom. The van der Waals surface area contributed by atoms with Crippen molar-refractivity contribution in [2.24, 2.45) is 0 Å². The van der Waals surface area contributed by atoms with Gasteiger partial charge in [0, 0.05) is 12.1 Å². The van der Waals surface area contributed by atoms with Gasteiger partial charge in [-0.15, -0.1) is 0 Å². The number of esters is 1. The summed E-state index contributed by atoms with van der Waals surface area (Å²) in [7, 11) is -0.671. The summed E-state index contributed by atoms with van der Waals surface area (Å²) in [4.78, 5) is 30.5. The minimum atomic E-state index is -1.02. The fourth-order valence-electron chi connectivity index (χ4n) is 1.01. The number of carbonyl (C=O) groups excluding carboxylic acids is 1. The number of benzene rings is 1. The second-order valence-corrected chi connectivity index (χ2v) is 2.68. The van der Waals surface area contributed by atoms with Gasteiger partial charge in [0.2, 0.25) is 0 Å². The predicted octanol–water partition coefficient (Wildman–Crippen LogP) is 1.29. The highest BCUT2D eigenvalue weighted by Gasteiger charge is 2.19. The summed E-state index contributed by atoms with van der Waals surface area (Å²) in [6.45, 7) is 0. The molecule has 1 aromatic rings. The molecule has 0 heterocycles. The molecule has 8 nitrogen and oxygen atoms in total. The maximum absolute atomic E-state index is 11.2. The van der Waals surface area contributed by atoms with Gasteiger partial charge in [0.15, 0.2) is 0 Å². The third-order valence-electron chi connectivity index (χ3n) is 1.69. The standard InChI is InChI=1S/C8H6N2O6/c1-16-8(11)5-2-6(9(12)13)4-7(3-5)10(14)15/h2-4H,1H3/i1D. The summed E-state index contributed by atoms with van der Waals surface area (Å²) in [6.07, 6.45) is 0. The molecule has 0 aliphatic heterocycles. The van der Waals surface area contributed by atoms with Crippen LogP contribution in [0.3, 0.4) is 0 Å². The highest BCUT2D eigenvalue weighted by atomic mass is 16.6. The Bertz CT molecular complexity index is 457. The lowest BCUT2D eigenvalue weighted by molar-refractivity contribution is -0.394. The molecule has 0 fully saturated rings. The summed E-state index contributed by atoms with van der Waals surface area (Å²) < 4.78 is 10.9. The molecule has 0 radical (unpaired) electrons. The summed E-state index contributed by atoms with van der Waals surface area (Å²) in [6, 6.07) is 2.44. The lowest BCUT2D eigenvalue weighted by Crippen LogP contribution is -2.03. The Kier molecular flexibility index (Phi) is 2.72. The molecule has 0 atom stereocenters. The molecule has 0 aliphatic carbocycles. The van der Waals surface area contributed by atoms with Crippen molar-refractivity contribution in [3.63, 3.8) is 0 Å². The number of nitro benzene ring substituents is 2. The number of methoxy groups -OCH3 is 1. The van der Waals surface area contributed by atoms with Gasteiger partial charge in [-0.05, 0) is 0 Å². The molecular weight excluding hydrogens is 220 g/mol. The lowest BCUT2D eigenvalue weighted by atomic mass is 10.2. The lowest BCUT2D eigenvalue weighted by Gasteiger charge is -1.99. The van der Waals surface area contributed by atoms with Crippen LogP contribution in [0.2, 0.25) is 0 Å². The van der Waals surface area contributed by atoms with Crippen LogP contribution >= 0.6 is 0 Å². The van der Waals surface area contributed by atoms with E-state index in [4.69, 9.17) is 1.37 Å². The Morgan fingerprint density at radius 1 is 1.25 bits per heavy atom. The average molecular weight is 227 g/mol. The van der Waals surface area contributed by atoms with Gasteiger partial charge in [-0.25, -0.2) is 4.79 Å². The topological polar surface area (TPSA) is 113 Å². The van der Waals surface area contributed by atoms with Crippen molar-refractivity contribution in [2.45, 2.75) is 0 Å². The Labute approximate surface area is 90.1 Å². The normalized spacial score (nSPS) is 10.4. The van der Waals surface area contributed by atoms with E-state index < -0.39 is 34.3 Å². The molecule has 0 spiro atoms. The molecular formula is C8H6N2O6. The number of hydrogen-bond donors (Lipinski definition) is 0. The average Bonchev–Trinajstić information content (AvgIpc) is 2.28. The van der Waals surface area contributed by atoms with E-state index in [1.807, 2.05) is 0 Å². The van der Waals surface area contributed by atoms with Crippen LogP contribution in [0.5, 0.6) is 0 Å². The van der Waals surface area contributed by atoms with Crippen molar-refractivity contribution >= 4 is 17.3 Å². The smallest absolute Gasteiger partial charge is 0.338 e. The minimum Gasteiger partial charge on any atom is -0.465 e. The van der Waals surface area contributed by atoms with E-state index in [1.165, 1.54) is 0 Å². The van der Waals surface area contributed by atoms with Crippen LogP contribution < -0.4 is 0 Å². The Balaban J connectivity index is 3.26. The number of ether oxygens (including phenoxy) is 1. The van der Waals surface area contributed by atoms with Crippen LogP contribution in [0.25, 0.3) is 0 Å². The van der Waals surface area contributed by atoms with Gasteiger partial charge < -0.3 is 4.74 Å². The van der Waals surface area contributed by atoms with Crippen LogP contribution in [0.1, 0.15) is 11.7 Å². The number of nitro groups is 2. The van der Waals surface area contributed by atoms with Crippen LogP contribution in [0.15, 0.2) is 18.2 Å². The largest absolute Gasteiger partial charge is 0.465 e. The van der Waals surface area contributed by atoms with Crippen molar-refractivity contribution in [1.82, 2.24) is 0 Å². The highest BCUT2D eigenvalue weighted by Crippen LogP contribution is 2.22. The summed E-state index contributed by atoms with van der Waals surface area (Å²) in [5.74, 6) is -1.02. The van der Waals surface area contributed by atoms with Gasteiger partial charge in [0.1, 0.15) is 0 Å². The molecule has 0 aliphatic rings. The van der Waals surface area contributed by atoms with Gasteiger partial charge in [-0.3, -0.25) is 20.2 Å². The number of rotatable bonds is 3. The molecule has 0 bridgehead atoms. The molecule has 0 amide bonds. The van der Waals surface area contributed by atoms with Crippen LogP contribution in [0, 0.1) is 20.2 Å². The predicted molar refractivity (Wildman–Crippen MR) is 51.1 cm³/mol.